The molecule has 0 aromatic carbocycles. The van der Waals surface area contributed by atoms with Gasteiger partial charge in [-0.15, -0.1) is 0 Å². The van der Waals surface area contributed by atoms with Gasteiger partial charge in [0.15, 0.2) is 0 Å². The lowest BCUT2D eigenvalue weighted by atomic mass is 10.0. The number of rotatable bonds is 19. The van der Waals surface area contributed by atoms with Crippen LogP contribution < -0.4 is 0 Å². The summed E-state index contributed by atoms with van der Waals surface area (Å²) >= 11 is 0. The van der Waals surface area contributed by atoms with Gasteiger partial charge in [-0.05, 0) is 18.8 Å². The van der Waals surface area contributed by atoms with Crippen molar-refractivity contribution in [3.63, 3.8) is 0 Å². The zero-order valence-corrected chi connectivity index (χ0v) is 20.3. The highest BCUT2D eigenvalue weighted by atomic mass is 16.5. The van der Waals surface area contributed by atoms with Gasteiger partial charge >= 0.3 is 5.97 Å². The van der Waals surface area contributed by atoms with Crippen molar-refractivity contribution in [3.05, 3.63) is 0 Å². The number of hydrogen-bond donors (Lipinski definition) is 0. The molecular weight excluding hydrogens is 344 g/mol. The van der Waals surface area contributed by atoms with Crippen LogP contribution in [0.25, 0.3) is 0 Å². The van der Waals surface area contributed by atoms with E-state index in [0.717, 1.165) is 25.2 Å². The first kappa shape index (κ1) is 29.7. The average Bonchev–Trinajstić information content (AvgIpc) is 2.64. The van der Waals surface area contributed by atoms with Gasteiger partial charge in [-0.3, -0.25) is 4.79 Å². The van der Waals surface area contributed by atoms with Crippen molar-refractivity contribution in [1.82, 2.24) is 0 Å². The van der Waals surface area contributed by atoms with E-state index in [1.54, 1.807) is 0 Å². The number of unbranched alkanes of at least 4 members (excludes halogenated alkanes) is 15. The van der Waals surface area contributed by atoms with E-state index < -0.39 is 0 Å². The zero-order chi connectivity index (χ0) is 21.3. The minimum absolute atomic E-state index is 0.00172. The first-order chi connectivity index (χ1) is 13.5. The minimum atomic E-state index is -0.00172. The summed E-state index contributed by atoms with van der Waals surface area (Å²) < 4.78 is 5.16. The highest BCUT2D eigenvalue weighted by Crippen LogP contribution is 2.13. The number of esters is 1. The normalized spacial score (nSPS) is 10.6. The van der Waals surface area contributed by atoms with Gasteiger partial charge in [0.25, 0.3) is 0 Å². The number of carbonyl (C=O) groups is 1. The Balaban J connectivity index is 0. The maximum Gasteiger partial charge on any atom is 0.305 e. The summed E-state index contributed by atoms with van der Waals surface area (Å²) in [6.07, 6.45) is 23.1. The predicted molar refractivity (Wildman–Crippen MR) is 126 cm³/mol. The molecule has 2 heteroatoms. The van der Waals surface area contributed by atoms with Crippen LogP contribution in [0.4, 0.5) is 0 Å². The Morgan fingerprint density at radius 3 is 1.25 bits per heavy atom. The van der Waals surface area contributed by atoms with Crippen molar-refractivity contribution in [1.29, 1.82) is 0 Å². The molecule has 0 aromatic heterocycles. The largest absolute Gasteiger partial charge is 0.466 e. The Morgan fingerprint density at radius 2 is 0.893 bits per heavy atom. The topological polar surface area (TPSA) is 26.3 Å². The Morgan fingerprint density at radius 1 is 0.571 bits per heavy atom. The molecule has 0 radical (unpaired) electrons. The van der Waals surface area contributed by atoms with Crippen LogP contribution in [0.5, 0.6) is 0 Å². The first-order valence-electron chi connectivity index (χ1n) is 12.7. The molecule has 0 spiro atoms. The van der Waals surface area contributed by atoms with Gasteiger partial charge in [0.05, 0.1) is 6.61 Å². The first-order valence-corrected chi connectivity index (χ1v) is 12.7. The summed E-state index contributed by atoms with van der Waals surface area (Å²) in [6, 6.07) is 0. The third-order valence-electron chi connectivity index (χ3n) is 4.75. The van der Waals surface area contributed by atoms with Crippen molar-refractivity contribution in [2.24, 2.45) is 5.92 Å². The van der Waals surface area contributed by atoms with Crippen molar-refractivity contribution >= 4 is 5.97 Å². The zero-order valence-electron chi connectivity index (χ0n) is 20.3. The van der Waals surface area contributed by atoms with Gasteiger partial charge in [0.2, 0.25) is 0 Å². The van der Waals surface area contributed by atoms with E-state index in [1.807, 2.05) is 0 Å². The molecule has 0 bridgehead atoms. The molecule has 0 heterocycles. The molecule has 170 valence electrons. The highest BCUT2D eigenvalue weighted by Gasteiger charge is 2.01. The number of hydrogen-bond acceptors (Lipinski definition) is 2. The van der Waals surface area contributed by atoms with Crippen molar-refractivity contribution in [2.75, 3.05) is 6.61 Å². The van der Waals surface area contributed by atoms with Crippen LogP contribution in [0.1, 0.15) is 150 Å². The molecule has 0 aromatic rings. The van der Waals surface area contributed by atoms with E-state index in [4.69, 9.17) is 4.74 Å². The van der Waals surface area contributed by atoms with E-state index in [9.17, 15) is 4.79 Å². The molecular formula is C26H54O2. The molecule has 0 N–H and O–H groups in total. The van der Waals surface area contributed by atoms with Gasteiger partial charge in [-0.1, -0.05) is 131 Å². The van der Waals surface area contributed by atoms with Gasteiger partial charge < -0.3 is 4.74 Å². The summed E-state index contributed by atoms with van der Waals surface area (Å²) in [5, 5.41) is 0. The van der Waals surface area contributed by atoms with E-state index in [0.29, 0.717) is 13.0 Å². The Hall–Kier alpha value is -0.530. The molecule has 0 saturated carbocycles. The summed E-state index contributed by atoms with van der Waals surface area (Å²) in [5.41, 5.74) is 0. The standard InChI is InChI=1S/C22H44O2.C4H10/c1-3-5-7-8-9-10-11-12-13-14-15-16-17-18-19-20-22(23)24-21-6-4-2;1-4(2)3/h3-21H2,1-2H3;4H,1-3H3. The molecule has 0 aliphatic carbocycles. The lowest BCUT2D eigenvalue weighted by Gasteiger charge is -2.04. The summed E-state index contributed by atoms with van der Waals surface area (Å²) in [5.74, 6) is 0.832. The maximum absolute atomic E-state index is 11.4. The molecule has 28 heavy (non-hydrogen) atoms. The maximum atomic E-state index is 11.4. The Labute approximate surface area is 178 Å². The van der Waals surface area contributed by atoms with Crippen LogP contribution >= 0.6 is 0 Å². The molecule has 0 amide bonds. The van der Waals surface area contributed by atoms with E-state index in [2.05, 4.69) is 34.6 Å². The lowest BCUT2D eigenvalue weighted by molar-refractivity contribution is -0.143. The third kappa shape index (κ3) is 33.1. The van der Waals surface area contributed by atoms with Crippen molar-refractivity contribution in [3.8, 4) is 0 Å². The molecule has 0 fully saturated rings. The fourth-order valence-corrected chi connectivity index (χ4v) is 3.04. The lowest BCUT2D eigenvalue weighted by Crippen LogP contribution is -2.05. The minimum Gasteiger partial charge on any atom is -0.466 e. The summed E-state index contributed by atoms with van der Waals surface area (Å²) in [7, 11) is 0. The molecule has 2 nitrogen and oxygen atoms in total. The summed E-state index contributed by atoms with van der Waals surface area (Å²) in [6.45, 7) is 11.5. The Bertz CT molecular complexity index is 283. The third-order valence-corrected chi connectivity index (χ3v) is 4.75. The van der Waals surface area contributed by atoms with Gasteiger partial charge in [0.1, 0.15) is 0 Å². The van der Waals surface area contributed by atoms with Crippen LogP contribution in [0.2, 0.25) is 0 Å². The monoisotopic (exact) mass is 398 g/mol. The van der Waals surface area contributed by atoms with Gasteiger partial charge in [-0.25, -0.2) is 0 Å². The molecule has 0 saturated heterocycles. The summed E-state index contributed by atoms with van der Waals surface area (Å²) in [4.78, 5) is 11.4. The molecule has 0 rings (SSSR count). The molecule has 0 aliphatic rings. The molecule has 0 atom stereocenters. The smallest absolute Gasteiger partial charge is 0.305 e. The van der Waals surface area contributed by atoms with Gasteiger partial charge in [0, 0.05) is 6.42 Å². The van der Waals surface area contributed by atoms with E-state index in [1.165, 1.54) is 89.9 Å². The van der Waals surface area contributed by atoms with Gasteiger partial charge in [-0.2, -0.15) is 0 Å². The second kappa shape index (κ2) is 26.5. The van der Waals surface area contributed by atoms with Crippen LogP contribution in [-0.2, 0) is 9.53 Å². The van der Waals surface area contributed by atoms with Crippen LogP contribution in [0, 0.1) is 5.92 Å². The number of ether oxygens (including phenoxy) is 1. The fraction of sp³-hybridized carbons (Fsp3) is 0.962. The van der Waals surface area contributed by atoms with Crippen LogP contribution in [-0.4, -0.2) is 12.6 Å². The molecule has 0 aliphatic heterocycles. The van der Waals surface area contributed by atoms with Crippen molar-refractivity contribution in [2.45, 2.75) is 150 Å². The fourth-order valence-electron chi connectivity index (χ4n) is 3.04. The SMILES string of the molecule is CC(C)C.CCCCCCCCCCCCCCCCCC(=O)OCCCC. The average molecular weight is 399 g/mol. The second-order valence-electron chi connectivity index (χ2n) is 9.01. The van der Waals surface area contributed by atoms with E-state index >= 15 is 0 Å². The Kier molecular flexibility index (Phi) is 28.0. The van der Waals surface area contributed by atoms with Crippen LogP contribution in [0.3, 0.4) is 0 Å². The predicted octanol–water partition coefficient (Wildman–Crippen LogP) is 9.25. The molecule has 0 unspecified atom stereocenters. The quantitative estimate of drug-likeness (QED) is 0.160. The second-order valence-corrected chi connectivity index (χ2v) is 9.01. The van der Waals surface area contributed by atoms with Crippen LogP contribution in [0.15, 0.2) is 0 Å². The van der Waals surface area contributed by atoms with Crippen molar-refractivity contribution < 1.29 is 9.53 Å². The van der Waals surface area contributed by atoms with E-state index in [-0.39, 0.29) is 5.97 Å². The number of carbonyl (C=O) groups excluding carboxylic acids is 1. The highest BCUT2D eigenvalue weighted by molar-refractivity contribution is 5.69.